The maximum absolute atomic E-state index is 14.2. The number of hydrogen-bond acceptors (Lipinski definition) is 15. The molecular formula is C56H73N3O10S4. The predicted octanol–water partition coefficient (Wildman–Crippen LogP) is 8.99. The summed E-state index contributed by atoms with van der Waals surface area (Å²) in [5.41, 5.74) is 0.491. The molecule has 1 N–H and O–H groups in total. The van der Waals surface area contributed by atoms with Crippen LogP contribution in [0.4, 0.5) is 0 Å². The van der Waals surface area contributed by atoms with Crippen LogP contribution < -0.4 is 5.32 Å². The molecule has 73 heavy (non-hydrogen) atoms. The first-order chi connectivity index (χ1) is 35.3. The molecule has 0 spiro atoms. The number of ether oxygens (including phenoxy) is 6. The minimum absolute atomic E-state index is 0.0101. The summed E-state index contributed by atoms with van der Waals surface area (Å²) in [5.74, 6) is -0.371. The summed E-state index contributed by atoms with van der Waals surface area (Å²) in [6, 6.07) is 18.9. The molecule has 0 aromatic heterocycles. The number of esters is 4. The third-order valence-corrected chi connectivity index (χ3v) is 20.9. The Labute approximate surface area is 449 Å². The molecule has 1 unspecified atom stereocenters. The molecule has 9 rings (SSSR count). The lowest BCUT2D eigenvalue weighted by molar-refractivity contribution is -0.224. The number of carbonyl (C=O) groups excluding carboxylic acids is 4. The van der Waals surface area contributed by atoms with Gasteiger partial charge in [-0.05, 0) is 120 Å². The van der Waals surface area contributed by atoms with Crippen LogP contribution in [0.5, 0.6) is 0 Å². The molecule has 3 aromatic rings. The summed E-state index contributed by atoms with van der Waals surface area (Å²) < 4.78 is 37.4. The number of benzene rings is 3. The van der Waals surface area contributed by atoms with Crippen molar-refractivity contribution in [3.05, 3.63) is 60.2 Å². The van der Waals surface area contributed by atoms with E-state index in [1.54, 1.807) is 0 Å². The quantitative estimate of drug-likeness (QED) is 0.0669. The fourth-order valence-electron chi connectivity index (χ4n) is 14.2. The maximum Gasteiger partial charge on any atom is 0.320 e. The van der Waals surface area contributed by atoms with Crippen molar-refractivity contribution in [2.45, 2.75) is 103 Å². The largest absolute Gasteiger partial charge is 0.469 e. The molecule has 2 saturated heterocycles. The second kappa shape index (κ2) is 24.2. The van der Waals surface area contributed by atoms with E-state index < -0.39 is 17.6 Å². The van der Waals surface area contributed by atoms with E-state index in [0.717, 1.165) is 46.4 Å². The van der Waals surface area contributed by atoms with Crippen LogP contribution in [0.2, 0.25) is 0 Å². The highest BCUT2D eigenvalue weighted by atomic mass is 32.2. The van der Waals surface area contributed by atoms with E-state index in [2.05, 4.69) is 78.4 Å². The van der Waals surface area contributed by atoms with Gasteiger partial charge in [-0.3, -0.25) is 19.2 Å². The van der Waals surface area contributed by atoms with E-state index in [-0.39, 0.29) is 89.0 Å². The summed E-state index contributed by atoms with van der Waals surface area (Å²) in [5, 5.41) is 8.05. The van der Waals surface area contributed by atoms with Crippen molar-refractivity contribution in [3.63, 3.8) is 0 Å². The van der Waals surface area contributed by atoms with Crippen LogP contribution >= 0.6 is 48.0 Å². The van der Waals surface area contributed by atoms with Gasteiger partial charge in [0.05, 0.1) is 51.6 Å². The zero-order valence-electron chi connectivity index (χ0n) is 42.9. The summed E-state index contributed by atoms with van der Waals surface area (Å²) in [6.45, 7) is 12.7. The standard InChI is InChI=1S/C56H73N3O10S4/c1-35(13-16-48(60)64-4)43-14-15-44-52-45(30-47(56(43,44)3)69-51(63)34-73-54(71)59-21-25-66-26-22-59)55(2)18-17-39(28-38(55)29-46(52)68-50(62)33-72-53(70)58-19-23-65-24-20-58)67-49(61)32-57-31-42-40-11-7-5-9-36(40)27-37-10-6-8-12-41(37)42/h5-12,27,35,38-39,43-47,52,57H,13-26,28-34H2,1-4H3/t35-,38?,39-,43-,44+,45+,46-,47+,52+,55+,56-/m1/s1. The van der Waals surface area contributed by atoms with Crippen LogP contribution in [-0.4, -0.2) is 138 Å². The number of carbonyl (C=O) groups is 4. The Kier molecular flexibility index (Phi) is 18.0. The van der Waals surface area contributed by atoms with Crippen LogP contribution in [0.25, 0.3) is 21.5 Å². The molecule has 11 atom stereocenters. The number of nitrogens with zero attached hydrogens (tertiary/aromatic N) is 2. The van der Waals surface area contributed by atoms with Crippen molar-refractivity contribution >= 4 is 102 Å². The molecule has 0 radical (unpaired) electrons. The van der Waals surface area contributed by atoms with E-state index >= 15 is 0 Å². The molecule has 13 nitrogen and oxygen atoms in total. The van der Waals surface area contributed by atoms with Crippen LogP contribution in [0.1, 0.15) is 84.1 Å². The first-order valence-corrected chi connectivity index (χ1v) is 29.3. The van der Waals surface area contributed by atoms with Crippen LogP contribution in [0.3, 0.4) is 0 Å². The normalized spacial score (nSPS) is 30.4. The number of methoxy groups -OCH3 is 1. The van der Waals surface area contributed by atoms with Crippen molar-refractivity contribution in [2.24, 2.45) is 46.3 Å². The lowest BCUT2D eigenvalue weighted by Gasteiger charge is -2.64. The van der Waals surface area contributed by atoms with Gasteiger partial charge in [0.2, 0.25) is 0 Å². The van der Waals surface area contributed by atoms with Gasteiger partial charge in [-0.15, -0.1) is 0 Å². The van der Waals surface area contributed by atoms with E-state index in [4.69, 9.17) is 52.9 Å². The molecule has 4 saturated carbocycles. The van der Waals surface area contributed by atoms with Crippen molar-refractivity contribution in [2.75, 3.05) is 77.8 Å². The molecule has 396 valence electrons. The summed E-state index contributed by atoms with van der Waals surface area (Å²) in [4.78, 5) is 58.8. The molecule has 0 bridgehead atoms. The van der Waals surface area contributed by atoms with Gasteiger partial charge in [0, 0.05) is 50.5 Å². The lowest BCUT2D eigenvalue weighted by atomic mass is 9.43. The fraction of sp³-hybridized carbons (Fsp3) is 0.643. The van der Waals surface area contributed by atoms with E-state index in [0.29, 0.717) is 106 Å². The average molecular weight is 1080 g/mol. The third kappa shape index (κ3) is 12.0. The molecule has 4 aliphatic carbocycles. The Morgan fingerprint density at radius 3 is 1.97 bits per heavy atom. The molecule has 6 aliphatic rings. The van der Waals surface area contributed by atoms with E-state index in [1.807, 2.05) is 12.1 Å². The molecule has 2 heterocycles. The van der Waals surface area contributed by atoms with Crippen molar-refractivity contribution in [1.82, 2.24) is 15.1 Å². The zero-order valence-corrected chi connectivity index (χ0v) is 46.1. The first kappa shape index (κ1) is 54.2. The highest BCUT2D eigenvalue weighted by Crippen LogP contribution is 2.69. The molecule has 3 aromatic carbocycles. The van der Waals surface area contributed by atoms with Gasteiger partial charge in [0.1, 0.15) is 27.0 Å². The van der Waals surface area contributed by atoms with Crippen molar-refractivity contribution in [1.29, 1.82) is 0 Å². The number of thioether (sulfide) groups is 2. The topological polar surface area (TPSA) is 142 Å². The average Bonchev–Trinajstić information content (AvgIpc) is 3.78. The summed E-state index contributed by atoms with van der Waals surface area (Å²) in [6.07, 6.45) is 5.13. The number of nitrogens with one attached hydrogen (secondary N) is 1. The fourth-order valence-corrected chi connectivity index (χ4v) is 16.3. The second-order valence-electron chi connectivity index (χ2n) is 21.7. The number of thiocarbonyl (C=S) groups is 2. The van der Waals surface area contributed by atoms with Crippen molar-refractivity contribution in [3.8, 4) is 0 Å². The molecule has 2 aliphatic heterocycles. The number of hydrogen-bond donors (Lipinski definition) is 1. The number of rotatable bonds is 15. The molecule has 6 fully saturated rings. The van der Waals surface area contributed by atoms with Crippen LogP contribution in [0, 0.1) is 46.3 Å². The van der Waals surface area contributed by atoms with Gasteiger partial charge < -0.3 is 43.5 Å². The predicted molar refractivity (Wildman–Crippen MR) is 294 cm³/mol. The smallest absolute Gasteiger partial charge is 0.320 e. The monoisotopic (exact) mass is 1080 g/mol. The SMILES string of the molecule is COC(=O)CC[C@@H](C)[C@H]1CC[C@H]2[C@@H]3[C@H](OC(=O)CSC(=S)N4CCOCC4)CC4C[C@H](OC(=O)CNCc5c6ccccc6cc6ccccc56)CC[C@]4(C)[C@H]3C[C@H](OC(=O)CSC(=S)N3CCOCC3)[C@]12C. The summed E-state index contributed by atoms with van der Waals surface area (Å²) in [7, 11) is 1.43. The Morgan fingerprint density at radius 1 is 0.753 bits per heavy atom. The van der Waals surface area contributed by atoms with E-state index in [1.165, 1.54) is 30.6 Å². The van der Waals surface area contributed by atoms with E-state index in [9.17, 15) is 19.2 Å². The zero-order chi connectivity index (χ0) is 51.3. The second-order valence-corrected chi connectivity index (χ2v) is 24.9. The van der Waals surface area contributed by atoms with Crippen LogP contribution in [0.15, 0.2) is 54.6 Å². The van der Waals surface area contributed by atoms with Gasteiger partial charge in [0.15, 0.2) is 0 Å². The lowest BCUT2D eigenvalue weighted by Crippen LogP contribution is -2.63. The molecule has 17 heteroatoms. The third-order valence-electron chi connectivity index (χ3n) is 17.9. The minimum atomic E-state index is -0.458. The Hall–Kier alpha value is -3.58. The van der Waals surface area contributed by atoms with Gasteiger partial charge in [-0.25, -0.2) is 0 Å². The van der Waals surface area contributed by atoms with Gasteiger partial charge in [0.25, 0.3) is 0 Å². The Balaban J connectivity index is 0.942. The van der Waals surface area contributed by atoms with Gasteiger partial charge in [-0.1, -0.05) is 117 Å². The van der Waals surface area contributed by atoms with Gasteiger partial charge >= 0.3 is 23.9 Å². The number of morpholine rings is 2. The van der Waals surface area contributed by atoms with Crippen LogP contribution in [-0.2, 0) is 54.1 Å². The molecule has 0 amide bonds. The highest BCUT2D eigenvalue weighted by molar-refractivity contribution is 8.23. The Bertz CT molecular complexity index is 2450. The maximum atomic E-state index is 14.2. The first-order valence-electron chi connectivity index (χ1n) is 26.5. The summed E-state index contributed by atoms with van der Waals surface area (Å²) >= 11 is 14.3. The minimum Gasteiger partial charge on any atom is -0.469 e. The Morgan fingerprint density at radius 2 is 1.36 bits per heavy atom. The van der Waals surface area contributed by atoms with Crippen molar-refractivity contribution < 1.29 is 47.6 Å². The van der Waals surface area contributed by atoms with Gasteiger partial charge in [-0.2, -0.15) is 0 Å². The number of fused-ring (bicyclic) bond motifs is 7. The molecular weight excluding hydrogens is 1000 g/mol. The highest BCUT2D eigenvalue weighted by Gasteiger charge is 2.68.